The van der Waals surface area contributed by atoms with E-state index in [-0.39, 0.29) is 24.3 Å². The number of urea groups is 1. The SMILES string of the molecule is CCN1CCN(c2ccc(CNC(=O)NCCC(=O)N3CCCC3)cc2F)CC1. The van der Waals surface area contributed by atoms with Crippen molar-refractivity contribution in [2.75, 3.05) is 57.3 Å². The van der Waals surface area contributed by atoms with Crippen LogP contribution in [0.4, 0.5) is 14.9 Å². The number of anilines is 1. The molecule has 0 atom stereocenters. The van der Waals surface area contributed by atoms with Gasteiger partial charge in [0.05, 0.1) is 5.69 Å². The lowest BCUT2D eigenvalue weighted by Gasteiger charge is -2.35. The molecule has 0 unspecified atom stereocenters. The van der Waals surface area contributed by atoms with Crippen LogP contribution < -0.4 is 15.5 Å². The largest absolute Gasteiger partial charge is 0.367 e. The number of carbonyl (C=O) groups is 2. The summed E-state index contributed by atoms with van der Waals surface area (Å²) in [4.78, 5) is 30.1. The van der Waals surface area contributed by atoms with Crippen molar-refractivity contribution >= 4 is 17.6 Å². The van der Waals surface area contributed by atoms with Gasteiger partial charge in [0.25, 0.3) is 0 Å². The molecule has 2 heterocycles. The topological polar surface area (TPSA) is 67.9 Å². The first-order valence-corrected chi connectivity index (χ1v) is 10.6. The number of likely N-dealkylation sites (tertiary alicyclic amines) is 1. The van der Waals surface area contributed by atoms with Crippen molar-refractivity contribution in [2.24, 2.45) is 0 Å². The minimum Gasteiger partial charge on any atom is -0.367 e. The lowest BCUT2D eigenvalue weighted by molar-refractivity contribution is -0.129. The lowest BCUT2D eigenvalue weighted by Crippen LogP contribution is -2.46. The molecule has 29 heavy (non-hydrogen) atoms. The summed E-state index contributed by atoms with van der Waals surface area (Å²) in [6.07, 6.45) is 2.43. The second kappa shape index (κ2) is 10.4. The van der Waals surface area contributed by atoms with Crippen LogP contribution in [0, 0.1) is 5.82 Å². The molecule has 0 radical (unpaired) electrons. The molecule has 1 aromatic carbocycles. The Hall–Kier alpha value is -2.35. The fourth-order valence-electron chi connectivity index (χ4n) is 3.87. The van der Waals surface area contributed by atoms with Gasteiger partial charge in [0.2, 0.25) is 5.91 Å². The van der Waals surface area contributed by atoms with E-state index in [1.807, 2.05) is 11.0 Å². The van der Waals surface area contributed by atoms with Crippen LogP contribution in [0.2, 0.25) is 0 Å². The van der Waals surface area contributed by atoms with Crippen LogP contribution in [-0.4, -0.2) is 74.1 Å². The lowest BCUT2D eigenvalue weighted by atomic mass is 10.1. The van der Waals surface area contributed by atoms with Crippen molar-refractivity contribution in [3.05, 3.63) is 29.6 Å². The summed E-state index contributed by atoms with van der Waals surface area (Å²) in [5, 5.41) is 5.41. The van der Waals surface area contributed by atoms with Crippen molar-refractivity contribution in [1.29, 1.82) is 0 Å². The van der Waals surface area contributed by atoms with Gasteiger partial charge in [0, 0.05) is 58.8 Å². The molecule has 2 aliphatic heterocycles. The first-order chi connectivity index (χ1) is 14.1. The number of hydrogen-bond donors (Lipinski definition) is 2. The third-order valence-corrected chi connectivity index (χ3v) is 5.71. The second-order valence-electron chi connectivity index (χ2n) is 7.65. The molecule has 3 rings (SSSR count). The molecule has 2 fully saturated rings. The van der Waals surface area contributed by atoms with Crippen molar-refractivity contribution in [3.8, 4) is 0 Å². The van der Waals surface area contributed by atoms with E-state index in [1.54, 1.807) is 6.07 Å². The van der Waals surface area contributed by atoms with Crippen molar-refractivity contribution in [1.82, 2.24) is 20.4 Å². The van der Waals surface area contributed by atoms with E-state index in [0.29, 0.717) is 24.2 Å². The van der Waals surface area contributed by atoms with E-state index in [1.165, 1.54) is 6.07 Å². The number of likely N-dealkylation sites (N-methyl/N-ethyl adjacent to an activating group) is 1. The average Bonchev–Trinajstić information content (AvgIpc) is 3.27. The fourth-order valence-corrected chi connectivity index (χ4v) is 3.87. The predicted molar refractivity (Wildman–Crippen MR) is 111 cm³/mol. The highest BCUT2D eigenvalue weighted by atomic mass is 19.1. The number of carbonyl (C=O) groups excluding carboxylic acids is 2. The maximum atomic E-state index is 14.6. The number of nitrogens with one attached hydrogen (secondary N) is 2. The molecule has 0 aliphatic carbocycles. The molecule has 0 saturated carbocycles. The van der Waals surface area contributed by atoms with Crippen LogP contribution in [0.1, 0.15) is 31.7 Å². The Labute approximate surface area is 172 Å². The minimum absolute atomic E-state index is 0.0835. The van der Waals surface area contributed by atoms with Gasteiger partial charge in [0.15, 0.2) is 0 Å². The summed E-state index contributed by atoms with van der Waals surface area (Å²) < 4.78 is 14.6. The van der Waals surface area contributed by atoms with E-state index in [2.05, 4.69) is 27.4 Å². The molecule has 8 heteroatoms. The van der Waals surface area contributed by atoms with Crippen molar-refractivity contribution in [2.45, 2.75) is 32.7 Å². The number of benzene rings is 1. The normalized spacial score (nSPS) is 17.4. The number of amides is 3. The highest BCUT2D eigenvalue weighted by molar-refractivity contribution is 5.78. The summed E-state index contributed by atoms with van der Waals surface area (Å²) in [6, 6.07) is 4.78. The molecule has 2 saturated heterocycles. The Morgan fingerprint density at radius 1 is 1.03 bits per heavy atom. The van der Waals surface area contributed by atoms with E-state index >= 15 is 0 Å². The standard InChI is InChI=1S/C21H32FN5O2/c1-2-25-11-13-26(14-12-25)19-6-5-17(15-18(19)22)16-24-21(29)23-8-7-20(28)27-9-3-4-10-27/h5-6,15H,2-4,7-14,16H2,1H3,(H2,23,24,29). The molecule has 160 valence electrons. The summed E-state index contributed by atoms with van der Waals surface area (Å²) in [6.45, 7) is 8.88. The molecule has 0 spiro atoms. The van der Waals surface area contributed by atoms with Crippen molar-refractivity contribution < 1.29 is 14.0 Å². The van der Waals surface area contributed by atoms with Crippen LogP contribution in [0.25, 0.3) is 0 Å². The number of rotatable bonds is 7. The Morgan fingerprint density at radius 3 is 2.41 bits per heavy atom. The Bertz CT molecular complexity index is 700. The second-order valence-corrected chi connectivity index (χ2v) is 7.65. The Balaban J connectivity index is 1.39. The van der Waals surface area contributed by atoms with E-state index in [4.69, 9.17) is 0 Å². The highest BCUT2D eigenvalue weighted by Crippen LogP contribution is 2.22. The van der Waals surface area contributed by atoms with Crippen LogP contribution in [0.5, 0.6) is 0 Å². The molecule has 0 bridgehead atoms. The van der Waals surface area contributed by atoms with Gasteiger partial charge in [-0.1, -0.05) is 13.0 Å². The average molecular weight is 406 g/mol. The van der Waals surface area contributed by atoms with Crippen LogP contribution in [0.15, 0.2) is 18.2 Å². The molecule has 2 N–H and O–H groups in total. The van der Waals surface area contributed by atoms with Gasteiger partial charge in [-0.25, -0.2) is 9.18 Å². The minimum atomic E-state index is -0.348. The van der Waals surface area contributed by atoms with Gasteiger partial charge in [-0.3, -0.25) is 4.79 Å². The molecule has 2 aliphatic rings. The number of hydrogen-bond acceptors (Lipinski definition) is 4. The van der Waals surface area contributed by atoms with Gasteiger partial charge >= 0.3 is 6.03 Å². The highest BCUT2D eigenvalue weighted by Gasteiger charge is 2.19. The molecule has 7 nitrogen and oxygen atoms in total. The zero-order valence-corrected chi connectivity index (χ0v) is 17.3. The molecule has 0 aromatic heterocycles. The van der Waals surface area contributed by atoms with Crippen LogP contribution in [-0.2, 0) is 11.3 Å². The van der Waals surface area contributed by atoms with Gasteiger partial charge in [-0.15, -0.1) is 0 Å². The van der Waals surface area contributed by atoms with E-state index in [0.717, 1.165) is 58.7 Å². The van der Waals surface area contributed by atoms with Crippen LogP contribution >= 0.6 is 0 Å². The number of nitrogens with zero attached hydrogens (tertiary/aromatic N) is 3. The molecule has 3 amide bonds. The van der Waals surface area contributed by atoms with Gasteiger partial charge in [0.1, 0.15) is 5.82 Å². The van der Waals surface area contributed by atoms with E-state index < -0.39 is 0 Å². The summed E-state index contributed by atoms with van der Waals surface area (Å²) in [7, 11) is 0. The monoisotopic (exact) mass is 405 g/mol. The predicted octanol–water partition coefficient (Wildman–Crippen LogP) is 1.78. The van der Waals surface area contributed by atoms with Gasteiger partial charge in [-0.05, 0) is 37.1 Å². The van der Waals surface area contributed by atoms with Gasteiger partial charge < -0.3 is 25.3 Å². The maximum absolute atomic E-state index is 14.6. The third kappa shape index (κ3) is 6.06. The zero-order valence-electron chi connectivity index (χ0n) is 17.3. The smallest absolute Gasteiger partial charge is 0.315 e. The maximum Gasteiger partial charge on any atom is 0.315 e. The molecule has 1 aromatic rings. The first kappa shape index (κ1) is 21.4. The Kier molecular flexibility index (Phi) is 7.69. The fraction of sp³-hybridized carbons (Fsp3) is 0.619. The summed E-state index contributed by atoms with van der Waals surface area (Å²) in [5.41, 5.74) is 1.33. The molecular formula is C21H32FN5O2. The first-order valence-electron chi connectivity index (χ1n) is 10.6. The van der Waals surface area contributed by atoms with E-state index in [9.17, 15) is 14.0 Å². The third-order valence-electron chi connectivity index (χ3n) is 5.71. The number of piperazine rings is 1. The number of halogens is 1. The summed E-state index contributed by atoms with van der Waals surface area (Å²) in [5.74, 6) is -0.175. The van der Waals surface area contributed by atoms with Crippen molar-refractivity contribution in [3.63, 3.8) is 0 Å². The molecular weight excluding hydrogens is 373 g/mol. The quantitative estimate of drug-likeness (QED) is 0.726. The van der Waals surface area contributed by atoms with Gasteiger partial charge in [-0.2, -0.15) is 0 Å². The zero-order chi connectivity index (χ0) is 20.6. The summed E-state index contributed by atoms with van der Waals surface area (Å²) >= 11 is 0. The van der Waals surface area contributed by atoms with Crippen LogP contribution in [0.3, 0.4) is 0 Å². The Morgan fingerprint density at radius 2 is 1.76 bits per heavy atom.